The fraction of sp³-hybridized carbons (Fsp3) is 0.929. The zero-order valence-corrected chi connectivity index (χ0v) is 11.5. The molecule has 2 saturated carbocycles. The molecule has 0 saturated heterocycles. The second-order valence-corrected chi connectivity index (χ2v) is 5.97. The zero-order valence-electron chi connectivity index (χ0n) is 11.5. The fourth-order valence-corrected chi connectivity index (χ4v) is 2.87. The van der Waals surface area contributed by atoms with Crippen molar-refractivity contribution in [2.45, 2.75) is 44.6 Å². The SMILES string of the molecule is COCCC1(C(=O)N(C)CC(O)C2CC2)CCC1. The van der Waals surface area contributed by atoms with Crippen LogP contribution in [0.25, 0.3) is 0 Å². The number of nitrogens with zero attached hydrogens (tertiary/aromatic N) is 1. The number of methoxy groups -OCH3 is 1. The van der Waals surface area contributed by atoms with Gasteiger partial charge >= 0.3 is 0 Å². The summed E-state index contributed by atoms with van der Waals surface area (Å²) in [6.45, 7) is 1.13. The minimum Gasteiger partial charge on any atom is -0.391 e. The van der Waals surface area contributed by atoms with Crippen LogP contribution in [0.2, 0.25) is 0 Å². The quantitative estimate of drug-likeness (QED) is 0.748. The first-order valence-electron chi connectivity index (χ1n) is 7.02. The summed E-state index contributed by atoms with van der Waals surface area (Å²) in [6.07, 6.45) is 5.77. The molecule has 0 aromatic rings. The van der Waals surface area contributed by atoms with Gasteiger partial charge in [-0.3, -0.25) is 4.79 Å². The van der Waals surface area contributed by atoms with Crippen LogP contribution in [0.1, 0.15) is 38.5 Å². The number of ether oxygens (including phenoxy) is 1. The molecule has 4 heteroatoms. The molecule has 4 nitrogen and oxygen atoms in total. The number of carbonyl (C=O) groups excluding carboxylic acids is 1. The lowest BCUT2D eigenvalue weighted by molar-refractivity contribution is -0.149. The number of aliphatic hydroxyl groups excluding tert-OH is 1. The lowest BCUT2D eigenvalue weighted by Crippen LogP contribution is -2.49. The van der Waals surface area contributed by atoms with Crippen LogP contribution in [0.5, 0.6) is 0 Å². The number of likely N-dealkylation sites (N-methyl/N-ethyl adjacent to an activating group) is 1. The Kier molecular flexibility index (Phi) is 4.28. The van der Waals surface area contributed by atoms with E-state index >= 15 is 0 Å². The molecule has 0 aromatic heterocycles. The summed E-state index contributed by atoms with van der Waals surface area (Å²) in [5.74, 6) is 0.627. The number of hydrogen-bond acceptors (Lipinski definition) is 3. The monoisotopic (exact) mass is 255 g/mol. The highest BCUT2D eigenvalue weighted by atomic mass is 16.5. The van der Waals surface area contributed by atoms with E-state index in [0.29, 0.717) is 19.1 Å². The van der Waals surface area contributed by atoms with Gasteiger partial charge in [0, 0.05) is 27.3 Å². The first-order valence-corrected chi connectivity index (χ1v) is 7.02. The third-order valence-corrected chi connectivity index (χ3v) is 4.52. The van der Waals surface area contributed by atoms with Gasteiger partial charge in [0.2, 0.25) is 5.91 Å². The van der Waals surface area contributed by atoms with Gasteiger partial charge < -0.3 is 14.7 Å². The van der Waals surface area contributed by atoms with Crippen molar-refractivity contribution in [3.8, 4) is 0 Å². The second-order valence-electron chi connectivity index (χ2n) is 5.97. The summed E-state index contributed by atoms with van der Waals surface area (Å²) in [7, 11) is 3.50. The van der Waals surface area contributed by atoms with Crippen molar-refractivity contribution in [1.82, 2.24) is 4.90 Å². The number of rotatable bonds is 7. The average molecular weight is 255 g/mol. The lowest BCUT2D eigenvalue weighted by atomic mass is 9.66. The molecule has 1 unspecified atom stereocenters. The van der Waals surface area contributed by atoms with Crippen LogP contribution in [0, 0.1) is 11.3 Å². The van der Waals surface area contributed by atoms with Crippen LogP contribution < -0.4 is 0 Å². The molecule has 2 rings (SSSR count). The maximum Gasteiger partial charge on any atom is 0.228 e. The van der Waals surface area contributed by atoms with Crippen molar-refractivity contribution in [1.29, 1.82) is 0 Å². The van der Waals surface area contributed by atoms with Crippen LogP contribution >= 0.6 is 0 Å². The van der Waals surface area contributed by atoms with Crippen molar-refractivity contribution in [3.05, 3.63) is 0 Å². The van der Waals surface area contributed by atoms with Crippen molar-refractivity contribution < 1.29 is 14.6 Å². The van der Waals surface area contributed by atoms with Crippen molar-refractivity contribution in [2.75, 3.05) is 27.3 Å². The highest BCUT2D eigenvalue weighted by Gasteiger charge is 2.45. The summed E-state index contributed by atoms with van der Waals surface area (Å²) in [5.41, 5.74) is -0.200. The highest BCUT2D eigenvalue weighted by Crippen LogP contribution is 2.45. The predicted octanol–water partition coefficient (Wildman–Crippen LogP) is 1.42. The first-order chi connectivity index (χ1) is 8.59. The molecule has 0 heterocycles. The van der Waals surface area contributed by atoms with Crippen LogP contribution in [0.3, 0.4) is 0 Å². The summed E-state index contributed by atoms with van der Waals surface area (Å²) in [5, 5.41) is 9.92. The molecule has 1 N–H and O–H groups in total. The minimum absolute atomic E-state index is 0.200. The normalized spacial score (nSPS) is 23.3. The van der Waals surface area contributed by atoms with Crippen LogP contribution in [0.4, 0.5) is 0 Å². The van der Waals surface area contributed by atoms with E-state index in [1.165, 1.54) is 0 Å². The molecule has 2 aliphatic carbocycles. The van der Waals surface area contributed by atoms with E-state index in [-0.39, 0.29) is 17.4 Å². The fourth-order valence-electron chi connectivity index (χ4n) is 2.87. The van der Waals surface area contributed by atoms with Gasteiger partial charge in [0.25, 0.3) is 0 Å². The molecule has 2 fully saturated rings. The van der Waals surface area contributed by atoms with Gasteiger partial charge in [-0.15, -0.1) is 0 Å². The number of carbonyl (C=O) groups is 1. The van der Waals surface area contributed by atoms with Crippen molar-refractivity contribution in [2.24, 2.45) is 11.3 Å². The average Bonchev–Trinajstić information content (AvgIpc) is 3.11. The third-order valence-electron chi connectivity index (χ3n) is 4.52. The van der Waals surface area contributed by atoms with E-state index in [4.69, 9.17) is 4.74 Å². The van der Waals surface area contributed by atoms with E-state index in [1.54, 1.807) is 12.0 Å². The van der Waals surface area contributed by atoms with Gasteiger partial charge in [0.1, 0.15) is 0 Å². The Labute approximate surface area is 109 Å². The van der Waals surface area contributed by atoms with Gasteiger partial charge in [-0.25, -0.2) is 0 Å². The largest absolute Gasteiger partial charge is 0.391 e. The first kappa shape index (κ1) is 13.8. The molecule has 0 aromatic carbocycles. The summed E-state index contributed by atoms with van der Waals surface area (Å²) in [6, 6.07) is 0. The summed E-state index contributed by atoms with van der Waals surface area (Å²) >= 11 is 0. The number of hydrogen-bond donors (Lipinski definition) is 1. The zero-order chi connectivity index (χ0) is 13.2. The Morgan fingerprint density at radius 3 is 2.61 bits per heavy atom. The van der Waals surface area contributed by atoms with Crippen LogP contribution in [-0.2, 0) is 9.53 Å². The minimum atomic E-state index is -0.335. The standard InChI is InChI=1S/C14H25NO3/c1-15(10-12(16)11-4-5-11)13(17)14(6-3-7-14)8-9-18-2/h11-12,16H,3-10H2,1-2H3. The molecule has 0 aliphatic heterocycles. The summed E-state index contributed by atoms with van der Waals surface area (Å²) < 4.78 is 5.11. The highest BCUT2D eigenvalue weighted by molar-refractivity contribution is 5.83. The molecule has 2 aliphatic rings. The van der Waals surface area contributed by atoms with Gasteiger partial charge in [0.05, 0.1) is 11.5 Å². The van der Waals surface area contributed by atoms with E-state index < -0.39 is 0 Å². The molecular weight excluding hydrogens is 230 g/mol. The maximum atomic E-state index is 12.5. The van der Waals surface area contributed by atoms with Gasteiger partial charge in [-0.1, -0.05) is 6.42 Å². The molecular formula is C14H25NO3. The molecule has 0 radical (unpaired) electrons. The smallest absolute Gasteiger partial charge is 0.228 e. The Hall–Kier alpha value is -0.610. The van der Waals surface area contributed by atoms with E-state index in [1.807, 2.05) is 7.05 Å². The Morgan fingerprint density at radius 2 is 2.17 bits per heavy atom. The van der Waals surface area contributed by atoms with Gasteiger partial charge in [-0.05, 0) is 38.0 Å². The maximum absolute atomic E-state index is 12.5. The predicted molar refractivity (Wildman–Crippen MR) is 69.1 cm³/mol. The molecule has 0 bridgehead atoms. The van der Waals surface area contributed by atoms with Crippen LogP contribution in [-0.4, -0.2) is 49.3 Å². The molecule has 1 atom stereocenters. The van der Waals surface area contributed by atoms with Crippen LogP contribution in [0.15, 0.2) is 0 Å². The molecule has 1 amide bonds. The lowest BCUT2D eigenvalue weighted by Gasteiger charge is -2.43. The van der Waals surface area contributed by atoms with E-state index in [9.17, 15) is 9.90 Å². The molecule has 104 valence electrons. The molecule has 18 heavy (non-hydrogen) atoms. The van der Waals surface area contributed by atoms with E-state index in [0.717, 1.165) is 38.5 Å². The topological polar surface area (TPSA) is 49.8 Å². The number of amides is 1. The van der Waals surface area contributed by atoms with E-state index in [2.05, 4.69) is 0 Å². The third kappa shape index (κ3) is 2.86. The van der Waals surface area contributed by atoms with Crippen molar-refractivity contribution in [3.63, 3.8) is 0 Å². The summed E-state index contributed by atoms with van der Waals surface area (Å²) in [4.78, 5) is 14.2. The Bertz CT molecular complexity index is 297. The molecule has 0 spiro atoms. The van der Waals surface area contributed by atoms with Gasteiger partial charge in [-0.2, -0.15) is 0 Å². The number of aliphatic hydroxyl groups is 1. The van der Waals surface area contributed by atoms with Crippen molar-refractivity contribution >= 4 is 5.91 Å². The Morgan fingerprint density at radius 1 is 1.50 bits per heavy atom. The second kappa shape index (κ2) is 5.57. The Balaban J connectivity index is 1.87. The van der Waals surface area contributed by atoms with Gasteiger partial charge in [0.15, 0.2) is 0 Å².